The predicted octanol–water partition coefficient (Wildman–Crippen LogP) is 3.33. The predicted molar refractivity (Wildman–Crippen MR) is 101 cm³/mol. The van der Waals surface area contributed by atoms with Crippen LogP contribution in [-0.2, 0) is 4.74 Å². The zero-order valence-electron chi connectivity index (χ0n) is 15.1. The number of fused-ring (bicyclic) bond motifs is 1. The Labute approximate surface area is 155 Å². The molecule has 2 aromatic carbocycles. The van der Waals surface area contributed by atoms with Crippen LogP contribution in [0, 0.1) is 24.0 Å². The fourth-order valence-corrected chi connectivity index (χ4v) is 3.21. The van der Waals surface area contributed by atoms with Gasteiger partial charge >= 0.3 is 5.69 Å². The number of nitro groups is 1. The smallest absolute Gasteiger partial charge is 0.324 e. The highest BCUT2D eigenvalue weighted by molar-refractivity contribution is 6.00. The molecule has 0 bridgehead atoms. The minimum Gasteiger partial charge on any atom is -0.378 e. The maximum atomic E-state index is 11.8. The molecule has 0 radical (unpaired) electrons. The molecule has 0 aliphatic carbocycles. The van der Waals surface area contributed by atoms with E-state index in [4.69, 9.17) is 9.37 Å². The van der Waals surface area contributed by atoms with Gasteiger partial charge in [0, 0.05) is 18.8 Å². The molecule has 1 N–H and O–H groups in total. The molecule has 0 atom stereocenters. The van der Waals surface area contributed by atoms with Crippen LogP contribution in [0.5, 0.6) is 0 Å². The topological polar surface area (TPSA) is 107 Å². The summed E-state index contributed by atoms with van der Waals surface area (Å²) in [6, 6.07) is 7.57. The van der Waals surface area contributed by atoms with E-state index < -0.39 is 4.92 Å². The molecular weight excluding hydrogens is 350 g/mol. The van der Waals surface area contributed by atoms with Crippen molar-refractivity contribution in [3.8, 4) is 0 Å². The van der Waals surface area contributed by atoms with Crippen LogP contribution in [0.15, 0.2) is 28.9 Å². The van der Waals surface area contributed by atoms with E-state index in [1.54, 1.807) is 6.07 Å². The molecule has 1 aliphatic rings. The molecule has 0 amide bonds. The second-order valence-electron chi connectivity index (χ2n) is 6.53. The third-order valence-corrected chi connectivity index (χ3v) is 4.81. The van der Waals surface area contributed by atoms with Crippen molar-refractivity contribution in [1.82, 2.24) is 10.3 Å². The minimum absolute atomic E-state index is 0.135. The van der Waals surface area contributed by atoms with Crippen molar-refractivity contribution < 1.29 is 14.3 Å². The zero-order valence-corrected chi connectivity index (χ0v) is 15.1. The Morgan fingerprint density at radius 1 is 1.11 bits per heavy atom. The van der Waals surface area contributed by atoms with E-state index in [9.17, 15) is 10.1 Å². The van der Waals surface area contributed by atoms with E-state index >= 15 is 0 Å². The number of benzene rings is 2. The number of ether oxygens (including phenoxy) is 1. The number of aryl methyl sites for hydroxylation is 2. The summed E-state index contributed by atoms with van der Waals surface area (Å²) in [5.74, 6) is 0. The number of hydrogen-bond acceptors (Lipinski definition) is 8. The molecular formula is C18H19N5O4. The minimum atomic E-state index is -0.459. The molecule has 0 spiro atoms. The van der Waals surface area contributed by atoms with Crippen molar-refractivity contribution in [1.29, 1.82) is 0 Å². The van der Waals surface area contributed by atoms with Crippen LogP contribution in [0.1, 0.15) is 11.1 Å². The molecule has 140 valence electrons. The molecule has 1 fully saturated rings. The first kappa shape index (κ1) is 17.2. The van der Waals surface area contributed by atoms with Crippen LogP contribution in [0.3, 0.4) is 0 Å². The summed E-state index contributed by atoms with van der Waals surface area (Å²) in [6.45, 7) is 6.53. The third kappa shape index (κ3) is 3.17. The van der Waals surface area contributed by atoms with Crippen LogP contribution >= 0.6 is 0 Å². The maximum Gasteiger partial charge on any atom is 0.324 e. The lowest BCUT2D eigenvalue weighted by Crippen LogP contribution is -2.36. The second-order valence-corrected chi connectivity index (χ2v) is 6.53. The van der Waals surface area contributed by atoms with Gasteiger partial charge < -0.3 is 15.0 Å². The summed E-state index contributed by atoms with van der Waals surface area (Å²) in [7, 11) is 0. The number of aromatic nitrogens is 2. The van der Waals surface area contributed by atoms with E-state index in [1.165, 1.54) is 0 Å². The van der Waals surface area contributed by atoms with Gasteiger partial charge in [-0.15, -0.1) is 0 Å². The van der Waals surface area contributed by atoms with E-state index in [2.05, 4.69) is 20.5 Å². The maximum absolute atomic E-state index is 11.8. The van der Waals surface area contributed by atoms with Gasteiger partial charge in [0.05, 0.1) is 23.8 Å². The lowest BCUT2D eigenvalue weighted by molar-refractivity contribution is -0.382. The molecule has 9 nitrogen and oxygen atoms in total. The van der Waals surface area contributed by atoms with Gasteiger partial charge in [0.25, 0.3) is 0 Å². The number of nitro benzene ring substituents is 1. The van der Waals surface area contributed by atoms with Gasteiger partial charge in [-0.3, -0.25) is 10.1 Å². The SMILES string of the molecule is Cc1ccc(Nc2cc(N3CCOCC3)c3nonc3c2[N+](=O)[O-])cc1C. The van der Waals surface area contributed by atoms with Crippen LogP contribution in [0.4, 0.5) is 22.7 Å². The fraction of sp³-hybridized carbons (Fsp3) is 0.333. The highest BCUT2D eigenvalue weighted by atomic mass is 16.6. The first-order valence-corrected chi connectivity index (χ1v) is 8.65. The summed E-state index contributed by atoms with van der Waals surface area (Å²) >= 11 is 0. The summed E-state index contributed by atoms with van der Waals surface area (Å²) in [4.78, 5) is 13.4. The van der Waals surface area contributed by atoms with Crippen LogP contribution in [-0.4, -0.2) is 41.5 Å². The molecule has 0 unspecified atom stereocenters. The van der Waals surface area contributed by atoms with Gasteiger partial charge in [0.1, 0.15) is 5.69 Å². The van der Waals surface area contributed by atoms with Crippen LogP contribution in [0.2, 0.25) is 0 Å². The Kier molecular flexibility index (Phi) is 4.36. The van der Waals surface area contributed by atoms with Gasteiger partial charge in [-0.2, -0.15) is 0 Å². The Morgan fingerprint density at radius 3 is 2.56 bits per heavy atom. The normalized spacial score (nSPS) is 14.5. The summed E-state index contributed by atoms with van der Waals surface area (Å²) in [5, 5.41) is 22.6. The molecule has 2 heterocycles. The molecule has 9 heteroatoms. The van der Waals surface area contributed by atoms with Crippen LogP contribution in [0.25, 0.3) is 11.0 Å². The molecule has 1 aromatic heterocycles. The number of morpholine rings is 1. The average Bonchev–Trinajstić information content (AvgIpc) is 3.13. The molecule has 27 heavy (non-hydrogen) atoms. The molecule has 0 saturated carbocycles. The highest BCUT2D eigenvalue weighted by Crippen LogP contribution is 2.40. The van der Waals surface area contributed by atoms with Gasteiger partial charge in [0.2, 0.25) is 5.52 Å². The third-order valence-electron chi connectivity index (χ3n) is 4.81. The number of nitrogens with zero attached hydrogens (tertiary/aromatic N) is 4. The van der Waals surface area contributed by atoms with Gasteiger partial charge in [0.15, 0.2) is 5.52 Å². The Hall–Kier alpha value is -3.20. The first-order chi connectivity index (χ1) is 13.0. The van der Waals surface area contributed by atoms with E-state index in [0.29, 0.717) is 37.5 Å². The van der Waals surface area contributed by atoms with Crippen LogP contribution < -0.4 is 10.2 Å². The van der Waals surface area contributed by atoms with Crippen molar-refractivity contribution >= 4 is 33.8 Å². The average molecular weight is 369 g/mol. The lowest BCUT2D eigenvalue weighted by Gasteiger charge is -2.29. The molecule has 4 rings (SSSR count). The van der Waals surface area contributed by atoms with Crippen molar-refractivity contribution in [2.45, 2.75) is 13.8 Å². The van der Waals surface area contributed by atoms with Crippen molar-refractivity contribution in [3.63, 3.8) is 0 Å². The standard InChI is InChI=1S/C18H19N5O4/c1-11-3-4-13(9-12(11)2)19-14-10-15(22-5-7-26-8-6-22)16-17(21-27-20-16)18(14)23(24)25/h3-4,9-10,19H,5-8H2,1-2H3. The van der Waals surface area contributed by atoms with Crippen molar-refractivity contribution in [2.24, 2.45) is 0 Å². The summed E-state index contributed by atoms with van der Waals surface area (Å²) in [6.07, 6.45) is 0. The summed E-state index contributed by atoms with van der Waals surface area (Å²) < 4.78 is 10.2. The first-order valence-electron chi connectivity index (χ1n) is 8.65. The fourth-order valence-electron chi connectivity index (χ4n) is 3.21. The molecule has 1 saturated heterocycles. The Balaban J connectivity index is 1.85. The Morgan fingerprint density at radius 2 is 1.85 bits per heavy atom. The van der Waals surface area contributed by atoms with Crippen molar-refractivity contribution in [3.05, 3.63) is 45.5 Å². The zero-order chi connectivity index (χ0) is 19.0. The number of hydrogen-bond donors (Lipinski definition) is 1. The van der Waals surface area contributed by atoms with E-state index in [1.807, 2.05) is 32.0 Å². The van der Waals surface area contributed by atoms with E-state index in [-0.39, 0.29) is 11.2 Å². The Bertz CT molecular complexity index is 1010. The van der Waals surface area contributed by atoms with Gasteiger partial charge in [-0.1, -0.05) is 6.07 Å². The number of rotatable bonds is 4. The second kappa shape index (κ2) is 6.84. The number of nitrogens with one attached hydrogen (secondary N) is 1. The van der Waals surface area contributed by atoms with Gasteiger partial charge in [-0.05, 0) is 53.5 Å². The monoisotopic (exact) mass is 369 g/mol. The highest BCUT2D eigenvalue weighted by Gasteiger charge is 2.28. The lowest BCUT2D eigenvalue weighted by atomic mass is 10.1. The van der Waals surface area contributed by atoms with Gasteiger partial charge in [-0.25, -0.2) is 4.63 Å². The van der Waals surface area contributed by atoms with E-state index in [0.717, 1.165) is 22.5 Å². The quantitative estimate of drug-likeness (QED) is 0.551. The largest absolute Gasteiger partial charge is 0.378 e. The molecule has 3 aromatic rings. The number of anilines is 3. The molecule has 1 aliphatic heterocycles. The summed E-state index contributed by atoms with van der Waals surface area (Å²) in [5.41, 5.74) is 4.48. The van der Waals surface area contributed by atoms with Crippen molar-refractivity contribution in [2.75, 3.05) is 36.5 Å².